The van der Waals surface area contributed by atoms with Crippen LogP contribution in [0.5, 0.6) is 0 Å². The van der Waals surface area contributed by atoms with E-state index in [4.69, 9.17) is 4.74 Å². The summed E-state index contributed by atoms with van der Waals surface area (Å²) >= 11 is 0. The number of ether oxygens (including phenoxy) is 1. The number of anilines is 1. The third-order valence-electron chi connectivity index (χ3n) is 7.14. The summed E-state index contributed by atoms with van der Waals surface area (Å²) in [6, 6.07) is 0.174. The lowest BCUT2D eigenvalue weighted by molar-refractivity contribution is -0.149. The van der Waals surface area contributed by atoms with Crippen molar-refractivity contribution >= 4 is 23.0 Å². The molecule has 0 radical (unpaired) electrons. The number of aromatic nitrogens is 3. The van der Waals surface area contributed by atoms with Gasteiger partial charge in [0.05, 0.1) is 25.0 Å². The number of carbonyl (C=O) groups excluding carboxylic acids is 1. The average Bonchev–Trinajstić information content (AvgIpc) is 3.18. The maximum Gasteiger partial charge on any atom is 0.390 e. The molecule has 2 N–H and O–H groups in total. The van der Waals surface area contributed by atoms with Crippen LogP contribution in [0.1, 0.15) is 82.2 Å². The van der Waals surface area contributed by atoms with E-state index in [0.29, 0.717) is 25.1 Å². The first-order valence-corrected chi connectivity index (χ1v) is 12.3. The quantitative estimate of drug-likeness (QED) is 0.533. The molecule has 0 amide bonds. The van der Waals surface area contributed by atoms with Gasteiger partial charge in [-0.2, -0.15) is 18.2 Å². The van der Waals surface area contributed by atoms with E-state index in [9.17, 15) is 23.1 Å². The number of rotatable bonds is 7. The largest absolute Gasteiger partial charge is 0.466 e. The van der Waals surface area contributed by atoms with Gasteiger partial charge in [-0.3, -0.25) is 4.79 Å². The fourth-order valence-electron chi connectivity index (χ4n) is 5.30. The molecule has 0 unspecified atom stereocenters. The summed E-state index contributed by atoms with van der Waals surface area (Å²) in [4.78, 5) is 21.0. The lowest BCUT2D eigenvalue weighted by atomic mass is 9.79. The Hall–Kier alpha value is -2.36. The minimum Gasteiger partial charge on any atom is -0.466 e. The summed E-state index contributed by atoms with van der Waals surface area (Å²) in [5, 5.41) is 13.5. The van der Waals surface area contributed by atoms with Gasteiger partial charge < -0.3 is 19.7 Å². The molecule has 2 aromatic rings. The highest BCUT2D eigenvalue weighted by Crippen LogP contribution is 2.41. The van der Waals surface area contributed by atoms with E-state index in [2.05, 4.69) is 26.0 Å². The molecule has 0 saturated heterocycles. The average molecular weight is 483 g/mol. The van der Waals surface area contributed by atoms with E-state index < -0.39 is 12.6 Å². The van der Waals surface area contributed by atoms with Gasteiger partial charge in [0.1, 0.15) is 5.65 Å². The van der Waals surface area contributed by atoms with Crippen molar-refractivity contribution in [2.24, 2.45) is 5.92 Å². The van der Waals surface area contributed by atoms with Crippen molar-refractivity contribution in [1.82, 2.24) is 14.5 Å². The molecule has 0 atom stereocenters. The Kier molecular flexibility index (Phi) is 7.64. The Morgan fingerprint density at radius 2 is 1.88 bits per heavy atom. The van der Waals surface area contributed by atoms with Crippen LogP contribution in [-0.2, 0) is 9.53 Å². The third-order valence-corrected chi connectivity index (χ3v) is 7.14. The van der Waals surface area contributed by atoms with Crippen molar-refractivity contribution in [2.75, 3.05) is 18.5 Å². The van der Waals surface area contributed by atoms with Crippen LogP contribution >= 0.6 is 0 Å². The van der Waals surface area contributed by atoms with Crippen LogP contribution in [0, 0.1) is 5.92 Å². The van der Waals surface area contributed by atoms with Crippen LogP contribution in [0.3, 0.4) is 0 Å². The molecule has 2 heterocycles. The van der Waals surface area contributed by atoms with E-state index in [0.717, 1.165) is 49.5 Å². The number of aliphatic hydroxyl groups excluding tert-OH is 1. The molecule has 4 rings (SSSR count). The molecule has 2 aliphatic rings. The summed E-state index contributed by atoms with van der Waals surface area (Å²) in [6.45, 7) is 1.92. The summed E-state index contributed by atoms with van der Waals surface area (Å²) in [6.07, 6.45) is 4.67. The van der Waals surface area contributed by atoms with Crippen LogP contribution in [0.15, 0.2) is 12.4 Å². The lowest BCUT2D eigenvalue weighted by Crippen LogP contribution is -2.23. The maximum atomic E-state index is 12.5. The summed E-state index contributed by atoms with van der Waals surface area (Å²) in [5.41, 5.74) is 1.85. The highest BCUT2D eigenvalue weighted by molar-refractivity contribution is 5.81. The molecule has 0 aromatic carbocycles. The van der Waals surface area contributed by atoms with Crippen LogP contribution in [0.4, 0.5) is 19.1 Å². The number of alkyl halides is 3. The van der Waals surface area contributed by atoms with Gasteiger partial charge in [0, 0.05) is 30.4 Å². The van der Waals surface area contributed by atoms with E-state index >= 15 is 0 Å². The zero-order chi connectivity index (χ0) is 24.3. The number of fused-ring (bicyclic) bond motifs is 1. The van der Waals surface area contributed by atoms with Crippen molar-refractivity contribution in [3.8, 4) is 0 Å². The smallest absolute Gasteiger partial charge is 0.390 e. The van der Waals surface area contributed by atoms with Gasteiger partial charge in [0.2, 0.25) is 5.95 Å². The number of carbonyl (C=O) groups is 1. The number of nitrogens with zero attached hydrogens (tertiary/aromatic N) is 3. The van der Waals surface area contributed by atoms with E-state index in [1.807, 2.05) is 6.92 Å². The van der Waals surface area contributed by atoms with E-state index in [-0.39, 0.29) is 42.4 Å². The van der Waals surface area contributed by atoms with Crippen LogP contribution in [-0.4, -0.2) is 51.0 Å². The zero-order valence-corrected chi connectivity index (χ0v) is 19.5. The molecule has 34 heavy (non-hydrogen) atoms. The van der Waals surface area contributed by atoms with Gasteiger partial charge in [-0.25, -0.2) is 4.98 Å². The second kappa shape index (κ2) is 10.5. The topological polar surface area (TPSA) is 89.3 Å². The van der Waals surface area contributed by atoms with Crippen LogP contribution < -0.4 is 5.32 Å². The minimum atomic E-state index is -4.24. The first-order valence-electron chi connectivity index (χ1n) is 12.3. The highest BCUT2D eigenvalue weighted by atomic mass is 19.4. The number of halogens is 3. The highest BCUT2D eigenvalue weighted by Gasteiger charge is 2.31. The monoisotopic (exact) mass is 482 g/mol. The summed E-state index contributed by atoms with van der Waals surface area (Å²) in [7, 11) is 0. The summed E-state index contributed by atoms with van der Waals surface area (Å²) in [5.74, 6) is 0.257. The molecule has 2 fully saturated rings. The number of hydrogen-bond donors (Lipinski definition) is 2. The molecule has 0 aliphatic heterocycles. The predicted molar refractivity (Wildman–Crippen MR) is 122 cm³/mol. The second-order valence-corrected chi connectivity index (χ2v) is 9.48. The standard InChI is InChI=1S/C24H33F3N4O3/c1-2-34-22(33)16-5-3-15(4-6-16)20-14-31(17-7-9-18(32)10-8-17)21-19(20)13-29-23(30-21)28-12-11-24(25,26)27/h13-18,32H,2-12H2,1H3,(H,28,29,30). The van der Waals surface area contributed by atoms with Gasteiger partial charge in [-0.05, 0) is 69.8 Å². The van der Waals surface area contributed by atoms with E-state index in [1.54, 1.807) is 6.20 Å². The van der Waals surface area contributed by atoms with Gasteiger partial charge in [0.15, 0.2) is 0 Å². The maximum absolute atomic E-state index is 12.5. The molecule has 188 valence electrons. The molecule has 7 nitrogen and oxygen atoms in total. The van der Waals surface area contributed by atoms with Crippen LogP contribution in [0.25, 0.3) is 11.0 Å². The molecular formula is C24H33F3N4O3. The first-order chi connectivity index (χ1) is 16.2. The fraction of sp³-hybridized carbons (Fsp3) is 0.708. The first kappa shape index (κ1) is 24.8. The van der Waals surface area contributed by atoms with Crippen molar-refractivity contribution in [3.63, 3.8) is 0 Å². The SMILES string of the molecule is CCOC(=O)C1CCC(c2cn(C3CCC(O)CC3)c3nc(NCCC(F)(F)F)ncc23)CC1. The van der Waals surface area contributed by atoms with Gasteiger partial charge >= 0.3 is 12.1 Å². The lowest BCUT2D eigenvalue weighted by Gasteiger charge is -2.28. The molecule has 0 spiro atoms. The Labute approximate surface area is 197 Å². The molecule has 0 bridgehead atoms. The second-order valence-electron chi connectivity index (χ2n) is 9.48. The molecule has 2 saturated carbocycles. The van der Waals surface area contributed by atoms with Crippen molar-refractivity contribution < 1.29 is 27.8 Å². The molecular weight excluding hydrogens is 449 g/mol. The molecule has 2 aliphatic carbocycles. The number of nitrogens with one attached hydrogen (secondary N) is 1. The number of esters is 1. The van der Waals surface area contributed by atoms with Crippen molar-refractivity contribution in [2.45, 2.75) is 89.0 Å². The van der Waals surface area contributed by atoms with Gasteiger partial charge in [-0.15, -0.1) is 0 Å². The number of aliphatic hydroxyl groups is 1. The van der Waals surface area contributed by atoms with Crippen LogP contribution in [0.2, 0.25) is 0 Å². The Morgan fingerprint density at radius 1 is 1.18 bits per heavy atom. The predicted octanol–water partition coefficient (Wildman–Crippen LogP) is 5.11. The Bertz CT molecular complexity index is 978. The van der Waals surface area contributed by atoms with Gasteiger partial charge in [-0.1, -0.05) is 0 Å². The van der Waals surface area contributed by atoms with Crippen molar-refractivity contribution in [1.29, 1.82) is 0 Å². The van der Waals surface area contributed by atoms with Crippen molar-refractivity contribution in [3.05, 3.63) is 18.0 Å². The van der Waals surface area contributed by atoms with Gasteiger partial charge in [0.25, 0.3) is 0 Å². The summed E-state index contributed by atoms with van der Waals surface area (Å²) < 4.78 is 45.0. The van der Waals surface area contributed by atoms with E-state index in [1.165, 1.54) is 0 Å². The fourth-order valence-corrected chi connectivity index (χ4v) is 5.30. The molecule has 10 heteroatoms. The minimum absolute atomic E-state index is 0.0648. The third kappa shape index (κ3) is 5.82. The number of hydrogen-bond acceptors (Lipinski definition) is 6. The normalized spacial score (nSPS) is 25.9. The Morgan fingerprint density at radius 3 is 2.53 bits per heavy atom. The molecule has 2 aromatic heterocycles. The Balaban J connectivity index is 1.57. The zero-order valence-electron chi connectivity index (χ0n) is 19.5.